The fraction of sp³-hybridized carbons (Fsp3) is 0.389. The highest BCUT2D eigenvalue weighted by atomic mass is 16.6. The van der Waals surface area contributed by atoms with Crippen molar-refractivity contribution in [2.75, 3.05) is 0 Å². The van der Waals surface area contributed by atoms with Crippen LogP contribution in [0.2, 0.25) is 0 Å². The summed E-state index contributed by atoms with van der Waals surface area (Å²) in [7, 11) is 1.60. The standard InChI is InChI=1S/C18H22N2O4/c1-12-14(16(21)24-18(2,3)4)15(20(5)19-12)17(22)23-11-13-9-7-6-8-10-13/h6-10H,11H2,1-5H3. The molecule has 1 aromatic carbocycles. The highest BCUT2D eigenvalue weighted by Gasteiger charge is 2.30. The van der Waals surface area contributed by atoms with Crippen molar-refractivity contribution in [3.63, 3.8) is 0 Å². The number of benzene rings is 1. The smallest absolute Gasteiger partial charge is 0.357 e. The number of carbonyl (C=O) groups excluding carboxylic acids is 2. The summed E-state index contributed by atoms with van der Waals surface area (Å²) in [6.45, 7) is 7.09. The summed E-state index contributed by atoms with van der Waals surface area (Å²) < 4.78 is 12.0. The molecule has 0 unspecified atom stereocenters. The molecule has 0 aliphatic heterocycles. The summed E-state index contributed by atoms with van der Waals surface area (Å²) in [5.41, 5.74) is 0.870. The molecule has 0 radical (unpaired) electrons. The van der Waals surface area contributed by atoms with Crippen molar-refractivity contribution in [3.8, 4) is 0 Å². The lowest BCUT2D eigenvalue weighted by atomic mass is 10.1. The lowest BCUT2D eigenvalue weighted by Crippen LogP contribution is -2.26. The molecule has 0 saturated carbocycles. The molecule has 0 aliphatic carbocycles. The Morgan fingerprint density at radius 3 is 2.33 bits per heavy atom. The molecule has 0 bridgehead atoms. The first-order chi connectivity index (χ1) is 11.2. The van der Waals surface area contributed by atoms with Gasteiger partial charge in [-0.25, -0.2) is 9.59 Å². The Labute approximate surface area is 141 Å². The maximum absolute atomic E-state index is 12.5. The molecule has 2 rings (SSSR count). The Balaban J connectivity index is 2.23. The number of nitrogens with zero attached hydrogens (tertiary/aromatic N) is 2. The molecule has 1 heterocycles. The minimum atomic E-state index is -0.662. The molecule has 0 N–H and O–H groups in total. The number of hydrogen-bond donors (Lipinski definition) is 0. The van der Waals surface area contributed by atoms with Gasteiger partial charge in [-0.1, -0.05) is 30.3 Å². The number of aromatic nitrogens is 2. The SMILES string of the molecule is Cc1nn(C)c(C(=O)OCc2ccccc2)c1C(=O)OC(C)(C)C. The summed E-state index contributed by atoms with van der Waals surface area (Å²) in [5.74, 6) is -1.19. The first-order valence-corrected chi connectivity index (χ1v) is 7.67. The van der Waals surface area contributed by atoms with Gasteiger partial charge in [-0.2, -0.15) is 5.10 Å². The zero-order chi connectivity index (χ0) is 17.9. The third-order valence-corrected chi connectivity index (χ3v) is 3.23. The van der Waals surface area contributed by atoms with Crippen LogP contribution < -0.4 is 0 Å². The van der Waals surface area contributed by atoms with E-state index < -0.39 is 17.5 Å². The average molecular weight is 330 g/mol. The number of ether oxygens (including phenoxy) is 2. The first-order valence-electron chi connectivity index (χ1n) is 7.67. The van der Waals surface area contributed by atoms with Crippen molar-refractivity contribution < 1.29 is 19.1 Å². The average Bonchev–Trinajstić information content (AvgIpc) is 2.78. The van der Waals surface area contributed by atoms with Gasteiger partial charge in [-0.05, 0) is 33.3 Å². The zero-order valence-corrected chi connectivity index (χ0v) is 14.6. The molecule has 128 valence electrons. The normalized spacial score (nSPS) is 11.2. The number of aryl methyl sites for hydroxylation is 2. The van der Waals surface area contributed by atoms with Gasteiger partial charge < -0.3 is 9.47 Å². The Morgan fingerprint density at radius 2 is 1.75 bits per heavy atom. The topological polar surface area (TPSA) is 70.4 Å². The highest BCUT2D eigenvalue weighted by Crippen LogP contribution is 2.20. The van der Waals surface area contributed by atoms with Crippen LogP contribution in [0, 0.1) is 6.92 Å². The van der Waals surface area contributed by atoms with Crippen molar-refractivity contribution >= 4 is 11.9 Å². The van der Waals surface area contributed by atoms with E-state index in [-0.39, 0.29) is 17.9 Å². The van der Waals surface area contributed by atoms with E-state index in [4.69, 9.17) is 9.47 Å². The van der Waals surface area contributed by atoms with Crippen molar-refractivity contribution in [1.29, 1.82) is 0 Å². The van der Waals surface area contributed by atoms with Gasteiger partial charge in [0, 0.05) is 7.05 Å². The first kappa shape index (κ1) is 17.7. The van der Waals surface area contributed by atoms with E-state index in [1.54, 1.807) is 34.7 Å². The maximum atomic E-state index is 12.5. The number of carbonyl (C=O) groups is 2. The van der Waals surface area contributed by atoms with Gasteiger partial charge in [0.2, 0.25) is 0 Å². The molecule has 2 aromatic rings. The van der Waals surface area contributed by atoms with Crippen LogP contribution in [0.4, 0.5) is 0 Å². The molecule has 0 aliphatic rings. The van der Waals surface area contributed by atoms with Crippen LogP contribution in [-0.2, 0) is 23.1 Å². The fourth-order valence-electron chi connectivity index (χ4n) is 2.26. The monoisotopic (exact) mass is 330 g/mol. The predicted octanol–water partition coefficient (Wildman–Crippen LogP) is 3.04. The van der Waals surface area contributed by atoms with Gasteiger partial charge >= 0.3 is 11.9 Å². The van der Waals surface area contributed by atoms with E-state index >= 15 is 0 Å². The fourth-order valence-corrected chi connectivity index (χ4v) is 2.26. The van der Waals surface area contributed by atoms with Crippen molar-refractivity contribution in [2.45, 2.75) is 39.9 Å². The number of rotatable bonds is 4. The number of esters is 2. The summed E-state index contributed by atoms with van der Waals surface area (Å²) in [4.78, 5) is 24.9. The van der Waals surface area contributed by atoms with Gasteiger partial charge in [0.25, 0.3) is 0 Å². The molecule has 0 spiro atoms. The molecule has 24 heavy (non-hydrogen) atoms. The minimum Gasteiger partial charge on any atom is -0.456 e. The predicted molar refractivity (Wildman–Crippen MR) is 88.7 cm³/mol. The molecular formula is C18H22N2O4. The molecule has 1 aromatic heterocycles. The van der Waals surface area contributed by atoms with Crippen molar-refractivity contribution in [2.24, 2.45) is 7.05 Å². The summed E-state index contributed by atoms with van der Waals surface area (Å²) in [6.07, 6.45) is 0. The van der Waals surface area contributed by atoms with E-state index in [0.717, 1.165) is 5.56 Å². The van der Waals surface area contributed by atoms with Gasteiger partial charge in [0.1, 0.15) is 17.8 Å². The van der Waals surface area contributed by atoms with E-state index in [1.807, 2.05) is 30.3 Å². The molecule has 6 heteroatoms. The minimum absolute atomic E-state index is 0.0951. The van der Waals surface area contributed by atoms with Crippen LogP contribution in [0.5, 0.6) is 0 Å². The van der Waals surface area contributed by atoms with Crippen LogP contribution in [0.15, 0.2) is 30.3 Å². The molecule has 0 fully saturated rings. The van der Waals surface area contributed by atoms with Crippen molar-refractivity contribution in [1.82, 2.24) is 9.78 Å². The third-order valence-electron chi connectivity index (χ3n) is 3.23. The molecule has 6 nitrogen and oxygen atoms in total. The summed E-state index contributed by atoms with van der Waals surface area (Å²) in [6, 6.07) is 9.33. The maximum Gasteiger partial charge on any atom is 0.357 e. The second-order valence-corrected chi connectivity index (χ2v) is 6.50. The van der Waals surface area contributed by atoms with Crippen LogP contribution in [-0.4, -0.2) is 27.3 Å². The second-order valence-electron chi connectivity index (χ2n) is 6.50. The van der Waals surface area contributed by atoms with Gasteiger partial charge in [-0.15, -0.1) is 0 Å². The van der Waals surface area contributed by atoms with E-state index in [0.29, 0.717) is 5.69 Å². The summed E-state index contributed by atoms with van der Waals surface area (Å²) >= 11 is 0. The third kappa shape index (κ3) is 4.22. The van der Waals surface area contributed by atoms with Crippen LogP contribution in [0.3, 0.4) is 0 Å². The molecule has 0 amide bonds. The highest BCUT2D eigenvalue weighted by molar-refractivity contribution is 6.03. The number of hydrogen-bond acceptors (Lipinski definition) is 5. The summed E-state index contributed by atoms with van der Waals surface area (Å²) in [5, 5.41) is 4.15. The zero-order valence-electron chi connectivity index (χ0n) is 14.6. The van der Waals surface area contributed by atoms with Crippen LogP contribution in [0.1, 0.15) is 52.9 Å². The Morgan fingerprint density at radius 1 is 1.12 bits per heavy atom. The largest absolute Gasteiger partial charge is 0.456 e. The lowest BCUT2D eigenvalue weighted by molar-refractivity contribution is 0.00625. The Kier molecular flexibility index (Phi) is 5.07. The van der Waals surface area contributed by atoms with Crippen LogP contribution >= 0.6 is 0 Å². The molecule has 0 saturated heterocycles. The van der Waals surface area contributed by atoms with Crippen molar-refractivity contribution in [3.05, 3.63) is 52.8 Å². The van der Waals surface area contributed by atoms with E-state index in [2.05, 4.69) is 5.10 Å². The Hall–Kier alpha value is -2.63. The van der Waals surface area contributed by atoms with Gasteiger partial charge in [-0.3, -0.25) is 4.68 Å². The van der Waals surface area contributed by atoms with E-state index in [1.165, 1.54) is 4.68 Å². The van der Waals surface area contributed by atoms with Gasteiger partial charge in [0.05, 0.1) is 5.69 Å². The van der Waals surface area contributed by atoms with Crippen LogP contribution in [0.25, 0.3) is 0 Å². The van der Waals surface area contributed by atoms with Gasteiger partial charge in [0.15, 0.2) is 5.69 Å². The molecular weight excluding hydrogens is 308 g/mol. The quantitative estimate of drug-likeness (QED) is 0.806. The van der Waals surface area contributed by atoms with E-state index in [9.17, 15) is 9.59 Å². The Bertz CT molecular complexity index is 742. The molecule has 0 atom stereocenters. The lowest BCUT2D eigenvalue weighted by Gasteiger charge is -2.19. The second kappa shape index (κ2) is 6.86.